The van der Waals surface area contributed by atoms with Gasteiger partial charge in [-0.3, -0.25) is 4.79 Å². The summed E-state index contributed by atoms with van der Waals surface area (Å²) in [5, 5.41) is -0.481. The molecule has 3 nitrogen and oxygen atoms in total. The molecule has 0 amide bonds. The standard InChI is InChI=1S/C12H15ClO3/c1-8(2)11(12(13)14)16-10-6-4-9(15-3)5-7-10/h4-8,11H,1-3H3. The fourth-order valence-electron chi connectivity index (χ4n) is 1.25. The van der Waals surface area contributed by atoms with Gasteiger partial charge in [0.2, 0.25) is 0 Å². The van der Waals surface area contributed by atoms with Crippen LogP contribution in [-0.2, 0) is 4.79 Å². The zero-order chi connectivity index (χ0) is 12.1. The molecule has 0 aliphatic rings. The molecule has 0 aromatic heterocycles. The van der Waals surface area contributed by atoms with Gasteiger partial charge in [0.1, 0.15) is 11.5 Å². The van der Waals surface area contributed by atoms with Gasteiger partial charge in [-0.05, 0) is 41.8 Å². The van der Waals surface area contributed by atoms with E-state index in [4.69, 9.17) is 21.1 Å². The second-order valence-electron chi connectivity index (χ2n) is 3.76. The average molecular weight is 243 g/mol. The summed E-state index contributed by atoms with van der Waals surface area (Å²) >= 11 is 5.46. The van der Waals surface area contributed by atoms with Gasteiger partial charge < -0.3 is 9.47 Å². The maximum Gasteiger partial charge on any atom is 0.262 e. The Kier molecular flexibility index (Phi) is 4.62. The molecule has 0 radical (unpaired) electrons. The van der Waals surface area contributed by atoms with E-state index in [0.29, 0.717) is 5.75 Å². The first-order valence-electron chi connectivity index (χ1n) is 5.04. The zero-order valence-corrected chi connectivity index (χ0v) is 10.3. The third kappa shape index (κ3) is 3.42. The van der Waals surface area contributed by atoms with E-state index < -0.39 is 11.3 Å². The van der Waals surface area contributed by atoms with Gasteiger partial charge in [-0.15, -0.1) is 0 Å². The van der Waals surface area contributed by atoms with Gasteiger partial charge in [0.25, 0.3) is 5.24 Å². The molecule has 0 spiro atoms. The number of benzene rings is 1. The van der Waals surface area contributed by atoms with E-state index in [0.717, 1.165) is 5.75 Å². The Morgan fingerprint density at radius 1 is 1.19 bits per heavy atom. The topological polar surface area (TPSA) is 35.5 Å². The number of hydrogen-bond donors (Lipinski definition) is 0. The quantitative estimate of drug-likeness (QED) is 0.745. The summed E-state index contributed by atoms with van der Waals surface area (Å²) in [4.78, 5) is 11.1. The lowest BCUT2D eigenvalue weighted by atomic mass is 10.1. The van der Waals surface area contributed by atoms with Crippen molar-refractivity contribution in [1.82, 2.24) is 0 Å². The maximum atomic E-state index is 11.1. The molecule has 4 heteroatoms. The van der Waals surface area contributed by atoms with Crippen LogP contribution in [0.2, 0.25) is 0 Å². The summed E-state index contributed by atoms with van der Waals surface area (Å²) in [6.45, 7) is 3.77. The summed E-state index contributed by atoms with van der Waals surface area (Å²) in [6.07, 6.45) is -0.616. The van der Waals surface area contributed by atoms with Gasteiger partial charge in [0.05, 0.1) is 7.11 Å². The Morgan fingerprint density at radius 2 is 1.69 bits per heavy atom. The Morgan fingerprint density at radius 3 is 2.06 bits per heavy atom. The highest BCUT2D eigenvalue weighted by atomic mass is 35.5. The van der Waals surface area contributed by atoms with Crippen LogP contribution in [0, 0.1) is 5.92 Å². The van der Waals surface area contributed by atoms with E-state index in [1.165, 1.54) is 0 Å². The molecule has 1 unspecified atom stereocenters. The van der Waals surface area contributed by atoms with E-state index in [2.05, 4.69) is 0 Å². The average Bonchev–Trinajstić information content (AvgIpc) is 2.25. The maximum absolute atomic E-state index is 11.1. The molecule has 0 heterocycles. The van der Waals surface area contributed by atoms with Crippen LogP contribution in [0.1, 0.15) is 13.8 Å². The molecule has 1 rings (SSSR count). The molecule has 0 bridgehead atoms. The monoisotopic (exact) mass is 242 g/mol. The van der Waals surface area contributed by atoms with Crippen LogP contribution in [0.15, 0.2) is 24.3 Å². The van der Waals surface area contributed by atoms with Crippen molar-refractivity contribution < 1.29 is 14.3 Å². The number of carbonyl (C=O) groups is 1. The Labute approximate surface area is 100 Å². The molecule has 0 N–H and O–H groups in total. The summed E-state index contributed by atoms with van der Waals surface area (Å²) < 4.78 is 10.5. The van der Waals surface area contributed by atoms with Crippen molar-refractivity contribution in [3.05, 3.63) is 24.3 Å². The third-order valence-corrected chi connectivity index (χ3v) is 2.37. The lowest BCUT2D eigenvalue weighted by Crippen LogP contribution is -2.29. The second-order valence-corrected chi connectivity index (χ2v) is 4.13. The molecular formula is C12H15ClO3. The number of rotatable bonds is 5. The summed E-state index contributed by atoms with van der Waals surface area (Å²) in [5.74, 6) is 1.38. The summed E-state index contributed by atoms with van der Waals surface area (Å²) in [7, 11) is 1.59. The van der Waals surface area contributed by atoms with Crippen LogP contribution in [0.5, 0.6) is 11.5 Å². The zero-order valence-electron chi connectivity index (χ0n) is 9.57. The molecule has 1 atom stereocenters. The minimum atomic E-state index is -0.616. The predicted octanol–water partition coefficient (Wildman–Crippen LogP) is 2.86. The molecular weight excluding hydrogens is 228 g/mol. The SMILES string of the molecule is COc1ccc(OC(C(=O)Cl)C(C)C)cc1. The van der Waals surface area contributed by atoms with Crippen molar-refractivity contribution >= 4 is 16.8 Å². The largest absolute Gasteiger partial charge is 0.497 e. The van der Waals surface area contributed by atoms with Crippen molar-refractivity contribution in [2.75, 3.05) is 7.11 Å². The number of halogens is 1. The van der Waals surface area contributed by atoms with Gasteiger partial charge in [0.15, 0.2) is 6.10 Å². The van der Waals surface area contributed by atoms with E-state index in [9.17, 15) is 4.79 Å². The number of carbonyl (C=O) groups excluding carboxylic acids is 1. The smallest absolute Gasteiger partial charge is 0.262 e. The lowest BCUT2D eigenvalue weighted by Gasteiger charge is -2.18. The Balaban J connectivity index is 2.74. The third-order valence-electron chi connectivity index (χ3n) is 2.15. The first kappa shape index (κ1) is 12.8. The molecule has 0 aliphatic heterocycles. The molecule has 0 saturated heterocycles. The molecule has 1 aromatic rings. The van der Waals surface area contributed by atoms with Crippen LogP contribution in [-0.4, -0.2) is 18.5 Å². The highest BCUT2D eigenvalue weighted by Gasteiger charge is 2.22. The Hall–Kier alpha value is -1.22. The van der Waals surface area contributed by atoms with Gasteiger partial charge in [-0.25, -0.2) is 0 Å². The highest BCUT2D eigenvalue weighted by molar-refractivity contribution is 6.64. The molecule has 1 aromatic carbocycles. The summed E-state index contributed by atoms with van der Waals surface area (Å²) in [5.41, 5.74) is 0. The fourth-order valence-corrected chi connectivity index (χ4v) is 1.54. The van der Waals surface area contributed by atoms with Crippen molar-refractivity contribution in [2.45, 2.75) is 20.0 Å². The Bertz CT molecular complexity index is 346. The van der Waals surface area contributed by atoms with E-state index in [1.807, 2.05) is 13.8 Å². The van der Waals surface area contributed by atoms with Crippen molar-refractivity contribution in [2.24, 2.45) is 5.92 Å². The normalized spacial score (nSPS) is 12.3. The van der Waals surface area contributed by atoms with E-state index in [-0.39, 0.29) is 5.92 Å². The first-order valence-corrected chi connectivity index (χ1v) is 5.42. The first-order chi connectivity index (χ1) is 7.54. The highest BCUT2D eigenvalue weighted by Crippen LogP contribution is 2.21. The van der Waals surface area contributed by atoms with Crippen LogP contribution < -0.4 is 9.47 Å². The van der Waals surface area contributed by atoms with Crippen LogP contribution in [0.25, 0.3) is 0 Å². The minimum absolute atomic E-state index is 0.0344. The molecule has 16 heavy (non-hydrogen) atoms. The summed E-state index contributed by atoms with van der Waals surface area (Å²) in [6, 6.07) is 7.03. The molecule has 0 aliphatic carbocycles. The van der Waals surface area contributed by atoms with Gasteiger partial charge >= 0.3 is 0 Å². The van der Waals surface area contributed by atoms with Crippen LogP contribution in [0.4, 0.5) is 0 Å². The van der Waals surface area contributed by atoms with Crippen molar-refractivity contribution in [1.29, 1.82) is 0 Å². The van der Waals surface area contributed by atoms with Gasteiger partial charge in [0, 0.05) is 0 Å². The van der Waals surface area contributed by atoms with Gasteiger partial charge in [-0.2, -0.15) is 0 Å². The van der Waals surface area contributed by atoms with Gasteiger partial charge in [-0.1, -0.05) is 13.8 Å². The van der Waals surface area contributed by atoms with Crippen molar-refractivity contribution in [3.8, 4) is 11.5 Å². The molecule has 0 fully saturated rings. The molecule has 88 valence electrons. The second kappa shape index (κ2) is 5.75. The van der Waals surface area contributed by atoms with Crippen LogP contribution >= 0.6 is 11.6 Å². The number of methoxy groups -OCH3 is 1. The number of ether oxygens (including phenoxy) is 2. The molecule has 0 saturated carbocycles. The van der Waals surface area contributed by atoms with Crippen LogP contribution in [0.3, 0.4) is 0 Å². The fraction of sp³-hybridized carbons (Fsp3) is 0.417. The number of hydrogen-bond acceptors (Lipinski definition) is 3. The van der Waals surface area contributed by atoms with Crippen molar-refractivity contribution in [3.63, 3.8) is 0 Å². The van der Waals surface area contributed by atoms with E-state index >= 15 is 0 Å². The van der Waals surface area contributed by atoms with E-state index in [1.54, 1.807) is 31.4 Å². The predicted molar refractivity (Wildman–Crippen MR) is 63.1 cm³/mol. The minimum Gasteiger partial charge on any atom is -0.497 e. The lowest BCUT2D eigenvalue weighted by molar-refractivity contribution is -0.119.